The van der Waals surface area contributed by atoms with Crippen LogP contribution in [0.2, 0.25) is 0 Å². The third kappa shape index (κ3) is 9.17. The number of benzene rings is 12. The standard InChI is InChI=1S/C85H74BN3/c1-82(2,3)61-43-49-76(70(51-61)58-31-17-11-18-32-58)89-77-50-44-62(83(4,5)6)52-74(77)86-73-48-46-66(87(64-37-23-14-24-38-64)75-42-28-26-39-67(75)57-29-15-10-16-30-57)56-78(73)88(79-53-63(84(7,8)9)54-80(89)81(79)86)65-45-47-69-68-40-25-27-41-71(68)85(72(69)55-65,59-33-19-12-20-34-59)60-35-21-13-22-36-60/h10-56H,1-9H3. The van der Waals surface area contributed by atoms with Gasteiger partial charge in [-0.25, -0.2) is 0 Å². The largest absolute Gasteiger partial charge is 0.311 e. The number of hydrogen-bond acceptors (Lipinski definition) is 3. The lowest BCUT2D eigenvalue weighted by Gasteiger charge is -2.46. The van der Waals surface area contributed by atoms with Gasteiger partial charge in [0.15, 0.2) is 0 Å². The Kier molecular flexibility index (Phi) is 13.2. The monoisotopic (exact) mass is 1150 g/mol. The lowest BCUT2D eigenvalue weighted by atomic mass is 9.33. The predicted molar refractivity (Wildman–Crippen MR) is 379 cm³/mol. The minimum atomic E-state index is -0.614. The van der Waals surface area contributed by atoms with Crippen LogP contribution in [0.4, 0.5) is 51.2 Å². The van der Waals surface area contributed by atoms with E-state index in [1.807, 2.05) is 0 Å². The number of nitrogens with zero attached hydrogens (tertiary/aromatic N) is 3. The molecule has 4 heteroatoms. The van der Waals surface area contributed by atoms with Crippen molar-refractivity contribution in [3.8, 4) is 33.4 Å². The van der Waals surface area contributed by atoms with Crippen molar-refractivity contribution in [3.63, 3.8) is 0 Å². The molecule has 0 spiro atoms. The van der Waals surface area contributed by atoms with Crippen LogP contribution < -0.4 is 31.1 Å². The topological polar surface area (TPSA) is 9.72 Å². The van der Waals surface area contributed by atoms with Gasteiger partial charge in [-0.05, 0) is 167 Å². The van der Waals surface area contributed by atoms with Crippen LogP contribution in [0.15, 0.2) is 285 Å². The van der Waals surface area contributed by atoms with Gasteiger partial charge < -0.3 is 14.7 Å². The lowest BCUT2D eigenvalue weighted by molar-refractivity contribution is 0.590. The molecule has 15 rings (SSSR count). The van der Waals surface area contributed by atoms with Crippen molar-refractivity contribution in [1.82, 2.24) is 0 Å². The number of rotatable bonds is 9. The highest BCUT2D eigenvalue weighted by molar-refractivity contribution is 7.00. The maximum Gasteiger partial charge on any atom is 0.252 e. The Hall–Kier alpha value is -9.90. The first-order valence-corrected chi connectivity index (χ1v) is 31.7. The molecule has 2 aliphatic heterocycles. The van der Waals surface area contributed by atoms with Crippen LogP contribution in [-0.4, -0.2) is 6.71 Å². The highest BCUT2D eigenvalue weighted by atomic mass is 15.2. The number of para-hydroxylation sites is 2. The Bertz CT molecular complexity index is 4630. The van der Waals surface area contributed by atoms with Gasteiger partial charge in [0.2, 0.25) is 0 Å². The van der Waals surface area contributed by atoms with Gasteiger partial charge in [0, 0.05) is 50.9 Å². The minimum Gasteiger partial charge on any atom is -0.311 e. The molecule has 3 aliphatic rings. The summed E-state index contributed by atoms with van der Waals surface area (Å²) in [7, 11) is 0. The van der Waals surface area contributed by atoms with Gasteiger partial charge >= 0.3 is 0 Å². The molecule has 0 N–H and O–H groups in total. The first-order valence-electron chi connectivity index (χ1n) is 31.7. The SMILES string of the molecule is CC(C)(C)c1ccc2c(c1)B1c3ccc(N(c4ccccc4)c4ccccc4-c4ccccc4)cc3N(c3ccc4c(c3)C(c3ccccc3)(c3ccccc3)c3ccccc3-4)c3cc(C(C)(C)C)cc(c31)N2c1ccc(C(C)(C)C)cc1-c1ccccc1. The average molecular weight is 1150 g/mol. The Morgan fingerprint density at radius 2 is 0.820 bits per heavy atom. The van der Waals surface area contributed by atoms with Gasteiger partial charge in [0.25, 0.3) is 6.71 Å². The maximum absolute atomic E-state index is 2.66. The molecule has 0 radical (unpaired) electrons. The van der Waals surface area contributed by atoms with E-state index in [4.69, 9.17) is 0 Å². The molecule has 89 heavy (non-hydrogen) atoms. The van der Waals surface area contributed by atoms with Gasteiger partial charge in [-0.2, -0.15) is 0 Å². The second-order valence-corrected chi connectivity index (χ2v) is 27.7. The Labute approximate surface area is 527 Å². The molecule has 432 valence electrons. The zero-order valence-electron chi connectivity index (χ0n) is 52.6. The molecule has 0 atom stereocenters. The summed E-state index contributed by atoms with van der Waals surface area (Å²) < 4.78 is 0. The molecule has 12 aromatic rings. The van der Waals surface area contributed by atoms with Gasteiger partial charge in [0.05, 0.1) is 16.8 Å². The summed E-state index contributed by atoms with van der Waals surface area (Å²) >= 11 is 0. The van der Waals surface area contributed by atoms with Crippen LogP contribution in [0.3, 0.4) is 0 Å². The van der Waals surface area contributed by atoms with Gasteiger partial charge in [-0.15, -0.1) is 0 Å². The van der Waals surface area contributed by atoms with Crippen molar-refractivity contribution in [2.24, 2.45) is 0 Å². The van der Waals surface area contributed by atoms with E-state index in [-0.39, 0.29) is 23.0 Å². The molecule has 0 fully saturated rings. The average Bonchev–Trinajstić information content (AvgIpc) is 1.71. The molecule has 2 heterocycles. The zero-order valence-corrected chi connectivity index (χ0v) is 52.6. The van der Waals surface area contributed by atoms with E-state index in [2.05, 4.69) is 362 Å². The molecule has 3 nitrogen and oxygen atoms in total. The molecule has 0 amide bonds. The van der Waals surface area contributed by atoms with Crippen molar-refractivity contribution in [2.45, 2.75) is 84.0 Å². The first kappa shape index (κ1) is 55.7. The van der Waals surface area contributed by atoms with Crippen molar-refractivity contribution in [3.05, 3.63) is 324 Å². The first-order chi connectivity index (χ1) is 43.1. The summed E-state index contributed by atoms with van der Waals surface area (Å²) in [6.45, 7) is 21.1. The van der Waals surface area contributed by atoms with Crippen molar-refractivity contribution in [1.29, 1.82) is 0 Å². The van der Waals surface area contributed by atoms with Crippen molar-refractivity contribution < 1.29 is 0 Å². The van der Waals surface area contributed by atoms with Crippen LogP contribution in [0.1, 0.15) is 101 Å². The normalized spacial score (nSPS) is 13.7. The van der Waals surface area contributed by atoms with Crippen LogP contribution in [0.5, 0.6) is 0 Å². The van der Waals surface area contributed by atoms with E-state index in [0.717, 1.165) is 39.7 Å². The van der Waals surface area contributed by atoms with Crippen LogP contribution in [0, 0.1) is 0 Å². The maximum atomic E-state index is 2.66. The Morgan fingerprint density at radius 1 is 0.315 bits per heavy atom. The highest BCUT2D eigenvalue weighted by Gasteiger charge is 2.49. The van der Waals surface area contributed by atoms with Gasteiger partial charge in [0.1, 0.15) is 0 Å². The third-order valence-corrected chi connectivity index (χ3v) is 19.2. The molecule has 1 aliphatic carbocycles. The minimum absolute atomic E-state index is 0.0709. The van der Waals surface area contributed by atoms with E-state index in [1.54, 1.807) is 0 Å². The van der Waals surface area contributed by atoms with E-state index in [0.29, 0.717) is 0 Å². The second-order valence-electron chi connectivity index (χ2n) is 27.7. The predicted octanol–water partition coefficient (Wildman–Crippen LogP) is 20.8. The quantitative estimate of drug-likeness (QED) is 0.133. The van der Waals surface area contributed by atoms with Crippen molar-refractivity contribution >= 4 is 74.3 Å². The van der Waals surface area contributed by atoms with E-state index < -0.39 is 5.41 Å². The molecule has 12 aromatic carbocycles. The molecule has 0 unspecified atom stereocenters. The summed E-state index contributed by atoms with van der Waals surface area (Å²) in [4.78, 5) is 7.78. The van der Waals surface area contributed by atoms with Gasteiger partial charge in [-0.3, -0.25) is 0 Å². The van der Waals surface area contributed by atoms with Gasteiger partial charge in [-0.1, -0.05) is 275 Å². The molecule has 0 bridgehead atoms. The number of fused-ring (bicyclic) bond motifs is 7. The number of hydrogen-bond donors (Lipinski definition) is 0. The van der Waals surface area contributed by atoms with E-state index >= 15 is 0 Å². The Morgan fingerprint density at radius 3 is 1.44 bits per heavy atom. The van der Waals surface area contributed by atoms with Crippen LogP contribution in [0.25, 0.3) is 33.4 Å². The fraction of sp³-hybridized carbons (Fsp3) is 0.153. The summed E-state index contributed by atoms with van der Waals surface area (Å²) in [5.41, 5.74) is 29.2. The fourth-order valence-corrected chi connectivity index (χ4v) is 14.7. The highest BCUT2D eigenvalue weighted by Crippen LogP contribution is 2.58. The molecule has 0 saturated heterocycles. The van der Waals surface area contributed by atoms with E-state index in [1.165, 1.54) is 100 Å². The summed E-state index contributed by atoms with van der Waals surface area (Å²) in [6, 6.07) is 108. The Balaban J connectivity index is 1.07. The molecular weight excluding hydrogens is 1070 g/mol. The summed E-state index contributed by atoms with van der Waals surface area (Å²) in [5, 5.41) is 0. The molecule has 0 aromatic heterocycles. The second kappa shape index (κ2) is 21.2. The molecule has 0 saturated carbocycles. The third-order valence-electron chi connectivity index (χ3n) is 19.2. The molecular formula is C85H74BN3. The number of anilines is 9. The van der Waals surface area contributed by atoms with Crippen LogP contribution >= 0.6 is 0 Å². The van der Waals surface area contributed by atoms with E-state index in [9.17, 15) is 0 Å². The fourth-order valence-electron chi connectivity index (χ4n) is 14.7. The zero-order chi connectivity index (χ0) is 61.0. The smallest absolute Gasteiger partial charge is 0.252 e. The lowest BCUT2D eigenvalue weighted by Crippen LogP contribution is -2.61. The summed E-state index contributed by atoms with van der Waals surface area (Å²) in [6.07, 6.45) is 0. The van der Waals surface area contributed by atoms with Crippen LogP contribution in [-0.2, 0) is 21.7 Å². The summed E-state index contributed by atoms with van der Waals surface area (Å²) in [5.74, 6) is 0. The van der Waals surface area contributed by atoms with Crippen molar-refractivity contribution in [2.75, 3.05) is 14.7 Å².